The van der Waals surface area contributed by atoms with Gasteiger partial charge in [0, 0.05) is 31.9 Å². The molecular weight excluding hydrogens is 308 g/mol. The minimum Gasteiger partial charge on any atom is -0.445 e. The number of anilines is 1. The summed E-state index contributed by atoms with van der Waals surface area (Å²) in [6.07, 6.45) is -0.354. The minimum absolute atomic E-state index is 0.354. The summed E-state index contributed by atoms with van der Waals surface area (Å²) in [5.41, 5.74) is -0.401. The number of rotatable bonds is 2. The van der Waals surface area contributed by atoms with E-state index < -0.39 is 18.0 Å². The normalized spacial score (nSPS) is 16.4. The number of hydrogen-bond acceptors (Lipinski definition) is 3. The molecule has 0 aromatic heterocycles. The van der Waals surface area contributed by atoms with E-state index in [2.05, 4.69) is 0 Å². The highest BCUT2D eigenvalue weighted by Gasteiger charge is 2.27. The van der Waals surface area contributed by atoms with Crippen molar-refractivity contribution in [1.82, 2.24) is 4.90 Å². The fraction of sp³-hybridized carbons (Fsp3) is 0.533. The van der Waals surface area contributed by atoms with Crippen LogP contribution in [0.3, 0.4) is 0 Å². The number of halogens is 3. The molecule has 1 amide bonds. The zero-order chi connectivity index (χ0) is 17.3. The molecule has 1 aliphatic rings. The van der Waals surface area contributed by atoms with Crippen molar-refractivity contribution < 1.29 is 22.5 Å². The number of carbonyl (C=O) groups excluding carboxylic acids is 1. The van der Waals surface area contributed by atoms with E-state index in [1.54, 1.807) is 4.90 Å². The molecule has 2 rings (SSSR count). The largest absolute Gasteiger partial charge is 0.509 e. The van der Waals surface area contributed by atoms with Gasteiger partial charge in [-0.3, -0.25) is 0 Å². The molecule has 23 heavy (non-hydrogen) atoms. The first-order valence-corrected chi connectivity index (χ1v) is 7.59. The fourth-order valence-corrected chi connectivity index (χ4v) is 2.38. The Morgan fingerprint density at radius 1 is 1.04 bits per heavy atom. The summed E-state index contributed by atoms with van der Waals surface area (Å²) in [6, 6.07) is 5.17. The first-order chi connectivity index (χ1) is 10.6. The molecule has 1 saturated heterocycles. The number of carbonyl (C=O) groups is 1. The molecule has 0 aliphatic carbocycles. The molecule has 0 atom stereocenters. The molecule has 0 bridgehead atoms. The third-order valence-corrected chi connectivity index (χ3v) is 3.57. The summed E-state index contributed by atoms with van der Waals surface area (Å²) in [7, 11) is 0. The lowest BCUT2D eigenvalue weighted by molar-refractivity contribution is 0.0240. The van der Waals surface area contributed by atoms with E-state index in [0.29, 0.717) is 26.2 Å². The summed E-state index contributed by atoms with van der Waals surface area (Å²) < 4.78 is 43.2. The van der Waals surface area contributed by atoms with Gasteiger partial charge in [-0.05, 0) is 32.9 Å². The lowest BCUT2D eigenvalue weighted by Gasteiger charge is -2.37. The number of amides is 1. The Kier molecular flexibility index (Phi) is 4.82. The Morgan fingerprint density at radius 2 is 1.57 bits per heavy atom. The lowest BCUT2D eigenvalue weighted by Crippen LogP contribution is -2.50. The maximum Gasteiger partial charge on any atom is 0.509 e. The molecule has 1 aromatic rings. The number of nitrogens with zero attached hydrogens (tertiary/aromatic N) is 2. The topological polar surface area (TPSA) is 32.8 Å². The van der Waals surface area contributed by atoms with Crippen molar-refractivity contribution >= 4 is 24.2 Å². The Balaban J connectivity index is 1.93. The molecule has 4 nitrogen and oxygen atoms in total. The highest BCUT2D eigenvalue weighted by Crippen LogP contribution is 2.18. The summed E-state index contributed by atoms with van der Waals surface area (Å²) in [5.74, 6) is 0. The Labute approximate surface area is 134 Å². The minimum atomic E-state index is -4.96. The smallest absolute Gasteiger partial charge is 0.445 e. The highest BCUT2D eigenvalue weighted by molar-refractivity contribution is 6.73. The average Bonchev–Trinajstić information content (AvgIpc) is 2.45. The summed E-state index contributed by atoms with van der Waals surface area (Å²) in [6.45, 7) is 2.57. The summed E-state index contributed by atoms with van der Waals surface area (Å²) >= 11 is 0. The quantitative estimate of drug-likeness (QED) is 0.782. The summed E-state index contributed by atoms with van der Waals surface area (Å²) in [4.78, 5) is 15.6. The van der Waals surface area contributed by atoms with E-state index in [4.69, 9.17) is 4.74 Å². The zero-order valence-corrected chi connectivity index (χ0v) is 13.6. The Morgan fingerprint density at radius 3 is 2.00 bits per heavy atom. The lowest BCUT2D eigenvalue weighted by atomic mass is 9.80. The molecule has 1 heterocycles. The second-order valence-electron chi connectivity index (χ2n) is 6.62. The van der Waals surface area contributed by atoms with Crippen LogP contribution in [-0.4, -0.2) is 49.8 Å². The second-order valence-corrected chi connectivity index (χ2v) is 6.62. The van der Waals surface area contributed by atoms with Gasteiger partial charge in [-0.25, -0.2) is 4.79 Å². The van der Waals surface area contributed by atoms with E-state index in [0.717, 1.165) is 17.8 Å². The second kappa shape index (κ2) is 6.33. The van der Waals surface area contributed by atoms with Crippen LogP contribution in [0.4, 0.5) is 23.4 Å². The van der Waals surface area contributed by atoms with Gasteiger partial charge in [0.15, 0.2) is 0 Å². The van der Waals surface area contributed by atoms with Gasteiger partial charge in [0.2, 0.25) is 0 Å². The van der Waals surface area contributed by atoms with E-state index in [-0.39, 0.29) is 6.09 Å². The third-order valence-electron chi connectivity index (χ3n) is 3.57. The van der Waals surface area contributed by atoms with Crippen LogP contribution in [0.15, 0.2) is 24.3 Å². The van der Waals surface area contributed by atoms with Crippen molar-refractivity contribution in [1.29, 1.82) is 0 Å². The van der Waals surface area contributed by atoms with Crippen LogP contribution in [-0.2, 0) is 4.74 Å². The van der Waals surface area contributed by atoms with E-state index >= 15 is 0 Å². The fourth-order valence-electron chi connectivity index (χ4n) is 2.38. The van der Waals surface area contributed by atoms with Gasteiger partial charge in [-0.15, -0.1) is 5.46 Å². The first-order valence-electron chi connectivity index (χ1n) is 7.59. The van der Waals surface area contributed by atoms with E-state index in [1.807, 2.05) is 25.7 Å². The van der Waals surface area contributed by atoms with Crippen molar-refractivity contribution in [2.24, 2.45) is 0 Å². The van der Waals surface area contributed by atoms with Crippen LogP contribution < -0.4 is 10.4 Å². The van der Waals surface area contributed by atoms with Gasteiger partial charge in [-0.2, -0.15) is 0 Å². The monoisotopic (exact) mass is 329 g/mol. The molecule has 1 fully saturated rings. The number of hydrogen-bond donors (Lipinski definition) is 0. The molecule has 0 saturated carbocycles. The maximum atomic E-state index is 12.6. The first kappa shape index (κ1) is 17.5. The Bertz CT molecular complexity index is 547. The van der Waals surface area contributed by atoms with Crippen molar-refractivity contribution in [3.63, 3.8) is 0 Å². The van der Waals surface area contributed by atoms with Gasteiger partial charge < -0.3 is 27.5 Å². The van der Waals surface area contributed by atoms with Crippen molar-refractivity contribution in [2.75, 3.05) is 31.1 Å². The predicted molar refractivity (Wildman–Crippen MR) is 85.2 cm³/mol. The van der Waals surface area contributed by atoms with Gasteiger partial charge in [0.1, 0.15) is 5.60 Å². The molecular formula is C15H21BF3N2O2-. The predicted octanol–water partition coefficient (Wildman–Crippen LogP) is 2.80. The highest BCUT2D eigenvalue weighted by atomic mass is 19.4. The molecule has 0 N–H and O–H groups in total. The molecule has 0 radical (unpaired) electrons. The van der Waals surface area contributed by atoms with Crippen LogP contribution in [0.1, 0.15) is 20.8 Å². The van der Waals surface area contributed by atoms with E-state index in [1.165, 1.54) is 12.1 Å². The zero-order valence-electron chi connectivity index (χ0n) is 13.6. The molecule has 0 unspecified atom stereocenters. The van der Waals surface area contributed by atoms with Crippen LogP contribution in [0.2, 0.25) is 0 Å². The number of benzene rings is 1. The number of ether oxygens (including phenoxy) is 1. The van der Waals surface area contributed by atoms with Crippen LogP contribution in [0.5, 0.6) is 0 Å². The van der Waals surface area contributed by atoms with Crippen LogP contribution >= 0.6 is 0 Å². The molecule has 0 spiro atoms. The molecule has 1 aliphatic heterocycles. The molecule has 128 valence electrons. The van der Waals surface area contributed by atoms with Crippen molar-refractivity contribution in [3.05, 3.63) is 24.3 Å². The van der Waals surface area contributed by atoms with Gasteiger partial charge in [0.25, 0.3) is 0 Å². The standard InChI is InChI=1S/C15H21BF3N2O2/c1-15(2,3)23-14(22)21-10-8-20(9-11-21)13-6-4-12(5-7-13)16(17,18)19/h4-7H,8-11H2,1-3H3/q-1. The van der Waals surface area contributed by atoms with Gasteiger partial charge >= 0.3 is 13.1 Å². The van der Waals surface area contributed by atoms with Crippen molar-refractivity contribution in [3.8, 4) is 0 Å². The third kappa shape index (κ3) is 4.81. The summed E-state index contributed by atoms with van der Waals surface area (Å²) in [5, 5.41) is 0. The van der Waals surface area contributed by atoms with Crippen LogP contribution in [0.25, 0.3) is 0 Å². The number of piperazine rings is 1. The van der Waals surface area contributed by atoms with Gasteiger partial charge in [-0.1, -0.05) is 12.1 Å². The maximum absolute atomic E-state index is 12.6. The molecule has 1 aromatic carbocycles. The van der Waals surface area contributed by atoms with Gasteiger partial charge in [0.05, 0.1) is 0 Å². The molecule has 8 heteroatoms. The Hall–Kier alpha value is -1.86. The van der Waals surface area contributed by atoms with Crippen molar-refractivity contribution in [2.45, 2.75) is 26.4 Å². The average molecular weight is 329 g/mol. The van der Waals surface area contributed by atoms with Crippen LogP contribution in [0, 0.1) is 0 Å². The SMILES string of the molecule is CC(C)(C)OC(=O)N1CCN(c2ccc([B-](F)(F)F)cc2)CC1. The van der Waals surface area contributed by atoms with E-state index in [9.17, 15) is 17.7 Å².